The van der Waals surface area contributed by atoms with Gasteiger partial charge >= 0.3 is 0 Å². The zero-order chi connectivity index (χ0) is 14.5. The van der Waals surface area contributed by atoms with Crippen molar-refractivity contribution in [2.45, 2.75) is 38.9 Å². The maximum absolute atomic E-state index is 6.31. The van der Waals surface area contributed by atoms with Gasteiger partial charge in [-0.1, -0.05) is 69.9 Å². The molecule has 0 saturated heterocycles. The number of para-hydroxylation sites is 2. The van der Waals surface area contributed by atoms with Crippen molar-refractivity contribution in [2.24, 2.45) is 0 Å². The normalized spacial score (nSPS) is 16.1. The van der Waals surface area contributed by atoms with Gasteiger partial charge in [-0.15, -0.1) is 0 Å². The van der Waals surface area contributed by atoms with Gasteiger partial charge in [0.15, 0.2) is 0 Å². The summed E-state index contributed by atoms with van der Waals surface area (Å²) in [6.07, 6.45) is 0. The third-order valence-corrected chi connectivity index (χ3v) is 6.28. The predicted octanol–water partition coefficient (Wildman–Crippen LogP) is 4.66. The van der Waals surface area contributed by atoms with E-state index < -0.39 is 8.07 Å². The van der Waals surface area contributed by atoms with Crippen molar-refractivity contribution >= 4 is 13.3 Å². The summed E-state index contributed by atoms with van der Waals surface area (Å²) in [6.45, 7) is 11.7. The van der Waals surface area contributed by atoms with Crippen LogP contribution in [-0.2, 0) is 5.41 Å². The molecule has 1 aliphatic rings. The summed E-state index contributed by atoms with van der Waals surface area (Å²) in [5.74, 6) is 2.12. The Morgan fingerprint density at radius 2 is 1.50 bits per heavy atom. The summed E-state index contributed by atoms with van der Waals surface area (Å²) in [7, 11) is -1.42. The average Bonchev–Trinajstić information content (AvgIpc) is 2.37. The molecule has 20 heavy (non-hydrogen) atoms. The topological polar surface area (TPSA) is 9.23 Å². The zero-order valence-electron chi connectivity index (χ0n) is 12.9. The van der Waals surface area contributed by atoms with Gasteiger partial charge in [-0.2, -0.15) is 0 Å². The fourth-order valence-electron chi connectivity index (χ4n) is 3.06. The second-order valence-corrected chi connectivity index (χ2v) is 12.2. The maximum Gasteiger partial charge on any atom is 0.131 e. The summed E-state index contributed by atoms with van der Waals surface area (Å²) in [6, 6.07) is 15.1. The second-order valence-electron chi connectivity index (χ2n) is 7.16. The number of hydrogen-bond donors (Lipinski definition) is 0. The van der Waals surface area contributed by atoms with Crippen LogP contribution in [-0.4, -0.2) is 8.07 Å². The van der Waals surface area contributed by atoms with Crippen LogP contribution in [0.3, 0.4) is 0 Å². The van der Waals surface area contributed by atoms with Gasteiger partial charge in [-0.3, -0.25) is 0 Å². The number of benzene rings is 2. The fraction of sp³-hybridized carbons (Fsp3) is 0.333. The highest BCUT2D eigenvalue weighted by atomic mass is 28.3. The van der Waals surface area contributed by atoms with Crippen LogP contribution in [0.15, 0.2) is 42.5 Å². The lowest BCUT2D eigenvalue weighted by molar-refractivity contribution is 0.421. The fourth-order valence-corrected chi connectivity index (χ4v) is 4.52. The van der Waals surface area contributed by atoms with Crippen molar-refractivity contribution < 1.29 is 4.74 Å². The maximum atomic E-state index is 6.31. The molecule has 0 fully saturated rings. The van der Waals surface area contributed by atoms with Gasteiger partial charge in [0.1, 0.15) is 11.5 Å². The van der Waals surface area contributed by atoms with Crippen LogP contribution in [0, 0.1) is 0 Å². The van der Waals surface area contributed by atoms with Gasteiger partial charge in [0.05, 0.1) is 8.07 Å². The van der Waals surface area contributed by atoms with Crippen molar-refractivity contribution in [1.82, 2.24) is 0 Å². The Morgan fingerprint density at radius 3 is 2.20 bits per heavy atom. The summed E-state index contributed by atoms with van der Waals surface area (Å²) >= 11 is 0. The Balaban J connectivity index is 2.28. The van der Waals surface area contributed by atoms with E-state index in [1.54, 1.807) is 0 Å². The van der Waals surface area contributed by atoms with Crippen molar-refractivity contribution in [3.05, 3.63) is 53.6 Å². The van der Waals surface area contributed by atoms with Crippen molar-refractivity contribution in [2.75, 3.05) is 0 Å². The highest BCUT2D eigenvalue weighted by Gasteiger charge is 2.36. The summed E-state index contributed by atoms with van der Waals surface area (Å²) in [5.41, 5.74) is 2.59. The summed E-state index contributed by atoms with van der Waals surface area (Å²) in [5, 5.41) is 1.41. The monoisotopic (exact) mass is 282 g/mol. The molecule has 2 aromatic rings. The lowest BCUT2D eigenvalue weighted by atomic mass is 9.76. The Bertz CT molecular complexity index is 665. The Labute approximate surface area is 122 Å². The van der Waals surface area contributed by atoms with Gasteiger partial charge in [0, 0.05) is 16.5 Å². The molecular formula is C18H22OSi. The minimum Gasteiger partial charge on any atom is -0.457 e. The Morgan fingerprint density at radius 1 is 0.850 bits per heavy atom. The van der Waals surface area contributed by atoms with Crippen LogP contribution in [0.1, 0.15) is 25.0 Å². The van der Waals surface area contributed by atoms with E-state index in [2.05, 4.69) is 76.0 Å². The third-order valence-electron chi connectivity index (χ3n) is 4.27. The first-order chi connectivity index (χ1) is 9.32. The van der Waals surface area contributed by atoms with Crippen LogP contribution in [0.2, 0.25) is 19.6 Å². The molecule has 0 N–H and O–H groups in total. The lowest BCUT2D eigenvalue weighted by Crippen LogP contribution is -2.40. The van der Waals surface area contributed by atoms with Crippen LogP contribution >= 0.6 is 0 Å². The molecule has 0 radical (unpaired) electrons. The molecule has 0 bridgehead atoms. The molecule has 1 heterocycles. The lowest BCUT2D eigenvalue weighted by Gasteiger charge is -2.37. The van der Waals surface area contributed by atoms with E-state index in [-0.39, 0.29) is 5.41 Å². The van der Waals surface area contributed by atoms with Crippen LogP contribution < -0.4 is 9.92 Å². The standard InChI is InChI=1S/C18H22OSi/c1-18(2)13-9-6-7-11-15(13)19-17-14(18)10-8-12-16(17)20(3,4)5/h6-12H,1-5H3. The zero-order valence-corrected chi connectivity index (χ0v) is 13.9. The number of ether oxygens (including phenoxy) is 1. The quantitative estimate of drug-likeness (QED) is 0.691. The molecule has 3 rings (SSSR count). The first-order valence-corrected chi connectivity index (χ1v) is 10.7. The van der Waals surface area contributed by atoms with E-state index in [4.69, 9.17) is 4.74 Å². The van der Waals surface area contributed by atoms with E-state index in [0.717, 1.165) is 11.5 Å². The first kappa shape index (κ1) is 13.4. The van der Waals surface area contributed by atoms with E-state index in [0.29, 0.717) is 0 Å². The molecule has 0 saturated carbocycles. The number of rotatable bonds is 1. The van der Waals surface area contributed by atoms with Gasteiger partial charge in [0.2, 0.25) is 0 Å². The molecule has 0 amide bonds. The molecular weight excluding hydrogens is 260 g/mol. The SMILES string of the molecule is CC1(C)c2ccccc2Oc2c1cccc2[Si](C)(C)C. The number of hydrogen-bond acceptors (Lipinski definition) is 1. The van der Waals surface area contributed by atoms with Crippen LogP contribution in [0.5, 0.6) is 11.5 Å². The molecule has 0 unspecified atom stereocenters. The van der Waals surface area contributed by atoms with Crippen molar-refractivity contribution in [3.8, 4) is 11.5 Å². The minimum absolute atomic E-state index is 0.000162. The molecule has 0 aromatic heterocycles. The highest BCUT2D eigenvalue weighted by Crippen LogP contribution is 2.47. The van der Waals surface area contributed by atoms with Gasteiger partial charge in [-0.25, -0.2) is 0 Å². The third kappa shape index (κ3) is 1.90. The van der Waals surface area contributed by atoms with Crippen LogP contribution in [0.25, 0.3) is 0 Å². The summed E-state index contributed by atoms with van der Waals surface area (Å²) < 4.78 is 6.31. The summed E-state index contributed by atoms with van der Waals surface area (Å²) in [4.78, 5) is 0. The minimum atomic E-state index is -1.42. The van der Waals surface area contributed by atoms with Crippen LogP contribution in [0.4, 0.5) is 0 Å². The van der Waals surface area contributed by atoms with Crippen molar-refractivity contribution in [3.63, 3.8) is 0 Å². The smallest absolute Gasteiger partial charge is 0.131 e. The predicted molar refractivity (Wildman–Crippen MR) is 88.1 cm³/mol. The number of fused-ring (bicyclic) bond motifs is 2. The van der Waals surface area contributed by atoms with Gasteiger partial charge in [0.25, 0.3) is 0 Å². The van der Waals surface area contributed by atoms with E-state index >= 15 is 0 Å². The molecule has 2 aromatic carbocycles. The molecule has 0 atom stereocenters. The molecule has 0 spiro atoms. The molecule has 1 aliphatic heterocycles. The average molecular weight is 282 g/mol. The van der Waals surface area contributed by atoms with Gasteiger partial charge in [-0.05, 0) is 11.3 Å². The highest BCUT2D eigenvalue weighted by molar-refractivity contribution is 6.89. The van der Waals surface area contributed by atoms with Crippen molar-refractivity contribution in [1.29, 1.82) is 0 Å². The first-order valence-electron chi connectivity index (χ1n) is 7.23. The molecule has 104 valence electrons. The second kappa shape index (κ2) is 4.22. The van der Waals surface area contributed by atoms with Gasteiger partial charge < -0.3 is 4.74 Å². The molecule has 0 aliphatic carbocycles. The molecule has 2 heteroatoms. The van der Waals surface area contributed by atoms with E-state index in [1.165, 1.54) is 16.3 Å². The van der Waals surface area contributed by atoms with E-state index in [9.17, 15) is 0 Å². The van der Waals surface area contributed by atoms with E-state index in [1.807, 2.05) is 0 Å². The Kier molecular flexibility index (Phi) is 2.84. The largest absolute Gasteiger partial charge is 0.457 e. The molecule has 1 nitrogen and oxygen atoms in total. The Hall–Kier alpha value is -1.54.